The summed E-state index contributed by atoms with van der Waals surface area (Å²) in [4.78, 5) is 13.6. The van der Waals surface area contributed by atoms with E-state index >= 15 is 0 Å². The number of para-hydroxylation sites is 1. The Kier molecular flexibility index (Phi) is 5.59. The van der Waals surface area contributed by atoms with Crippen molar-refractivity contribution in [3.05, 3.63) is 36.0 Å². The Morgan fingerprint density at radius 2 is 2.24 bits per heavy atom. The third-order valence-electron chi connectivity index (χ3n) is 3.32. The summed E-state index contributed by atoms with van der Waals surface area (Å²) in [7, 11) is 0. The van der Waals surface area contributed by atoms with Gasteiger partial charge in [0.15, 0.2) is 0 Å². The van der Waals surface area contributed by atoms with Gasteiger partial charge in [-0.15, -0.1) is 0 Å². The van der Waals surface area contributed by atoms with Crippen LogP contribution in [0.15, 0.2) is 30.5 Å². The summed E-state index contributed by atoms with van der Waals surface area (Å²) in [5.74, 6) is 0. The molecule has 0 aliphatic heterocycles. The molecular weight excluding hydrogens is 270 g/mol. The lowest BCUT2D eigenvalue weighted by Crippen LogP contribution is -2.30. The number of primary amides is 1. The summed E-state index contributed by atoms with van der Waals surface area (Å²) in [5, 5.41) is 14.0. The predicted molar refractivity (Wildman–Crippen MR) is 80.8 cm³/mol. The van der Waals surface area contributed by atoms with Gasteiger partial charge in [-0.05, 0) is 30.9 Å². The molecule has 0 aliphatic carbocycles. The SMILES string of the molecule is NC(=O)OCCCC(O)NCCc1c[nH]c2ccccc12. The highest BCUT2D eigenvalue weighted by Crippen LogP contribution is 2.17. The van der Waals surface area contributed by atoms with Crippen molar-refractivity contribution in [2.75, 3.05) is 13.2 Å². The zero-order chi connectivity index (χ0) is 15.1. The number of carbonyl (C=O) groups excluding carboxylic acids is 1. The fourth-order valence-corrected chi connectivity index (χ4v) is 2.26. The van der Waals surface area contributed by atoms with Crippen LogP contribution in [0.5, 0.6) is 0 Å². The minimum Gasteiger partial charge on any atom is -0.450 e. The van der Waals surface area contributed by atoms with E-state index in [4.69, 9.17) is 5.73 Å². The largest absolute Gasteiger partial charge is 0.450 e. The molecule has 1 atom stereocenters. The van der Waals surface area contributed by atoms with Crippen LogP contribution in [0.1, 0.15) is 18.4 Å². The third-order valence-corrected chi connectivity index (χ3v) is 3.32. The van der Waals surface area contributed by atoms with Gasteiger partial charge in [-0.3, -0.25) is 5.32 Å². The van der Waals surface area contributed by atoms with Crippen LogP contribution in [0, 0.1) is 0 Å². The molecule has 21 heavy (non-hydrogen) atoms. The van der Waals surface area contributed by atoms with Gasteiger partial charge in [0.05, 0.1) is 6.61 Å². The number of ether oxygens (including phenoxy) is 1. The van der Waals surface area contributed by atoms with Crippen molar-refractivity contribution in [2.45, 2.75) is 25.5 Å². The van der Waals surface area contributed by atoms with Gasteiger partial charge < -0.3 is 20.6 Å². The van der Waals surface area contributed by atoms with E-state index in [1.807, 2.05) is 24.4 Å². The van der Waals surface area contributed by atoms with Crippen molar-refractivity contribution in [2.24, 2.45) is 5.73 Å². The lowest BCUT2D eigenvalue weighted by atomic mass is 10.1. The lowest BCUT2D eigenvalue weighted by molar-refractivity contribution is 0.109. The number of aliphatic hydroxyl groups excluding tert-OH is 1. The number of aromatic nitrogens is 1. The van der Waals surface area contributed by atoms with Gasteiger partial charge in [-0.25, -0.2) is 4.79 Å². The number of nitrogens with two attached hydrogens (primary N) is 1. The minimum absolute atomic E-state index is 0.233. The number of benzene rings is 1. The van der Waals surface area contributed by atoms with Crippen molar-refractivity contribution in [1.82, 2.24) is 10.3 Å². The molecule has 1 amide bonds. The van der Waals surface area contributed by atoms with E-state index in [-0.39, 0.29) is 6.61 Å². The maximum atomic E-state index is 10.4. The van der Waals surface area contributed by atoms with Crippen molar-refractivity contribution >= 4 is 17.0 Å². The number of rotatable bonds is 8. The molecule has 0 bridgehead atoms. The van der Waals surface area contributed by atoms with E-state index in [9.17, 15) is 9.90 Å². The zero-order valence-corrected chi connectivity index (χ0v) is 11.8. The van der Waals surface area contributed by atoms with Gasteiger partial charge >= 0.3 is 6.09 Å². The Bertz CT molecular complexity index is 582. The van der Waals surface area contributed by atoms with Gasteiger partial charge in [-0.1, -0.05) is 18.2 Å². The topological polar surface area (TPSA) is 100 Å². The predicted octanol–water partition coefficient (Wildman–Crippen LogP) is 1.49. The number of hydrogen-bond donors (Lipinski definition) is 4. The van der Waals surface area contributed by atoms with Crippen LogP contribution >= 0.6 is 0 Å². The summed E-state index contributed by atoms with van der Waals surface area (Å²) in [5.41, 5.74) is 7.19. The summed E-state index contributed by atoms with van der Waals surface area (Å²) >= 11 is 0. The highest BCUT2D eigenvalue weighted by atomic mass is 16.5. The first kappa shape index (κ1) is 15.3. The number of hydrogen-bond acceptors (Lipinski definition) is 4. The minimum atomic E-state index is -0.781. The summed E-state index contributed by atoms with van der Waals surface area (Å²) in [6, 6.07) is 8.14. The average Bonchev–Trinajstić information content (AvgIpc) is 2.87. The van der Waals surface area contributed by atoms with E-state index in [2.05, 4.69) is 21.1 Å². The second kappa shape index (κ2) is 7.66. The zero-order valence-electron chi connectivity index (χ0n) is 11.8. The Hall–Kier alpha value is -2.05. The van der Waals surface area contributed by atoms with Gasteiger partial charge in [0.25, 0.3) is 0 Å². The molecule has 2 rings (SSSR count). The van der Waals surface area contributed by atoms with Crippen molar-refractivity contribution in [3.8, 4) is 0 Å². The summed E-state index contributed by atoms with van der Waals surface area (Å²) in [6.45, 7) is 0.913. The Balaban J connectivity index is 1.68. The van der Waals surface area contributed by atoms with Crippen LogP contribution in [0.25, 0.3) is 10.9 Å². The second-order valence-electron chi connectivity index (χ2n) is 4.89. The number of aliphatic hydroxyl groups is 1. The fourth-order valence-electron chi connectivity index (χ4n) is 2.26. The first-order valence-electron chi connectivity index (χ1n) is 7.05. The summed E-state index contributed by atoms with van der Waals surface area (Å²) in [6.07, 6.45) is 2.53. The van der Waals surface area contributed by atoms with Gasteiger partial charge in [0, 0.05) is 23.6 Å². The Morgan fingerprint density at radius 1 is 1.43 bits per heavy atom. The van der Waals surface area contributed by atoms with Gasteiger partial charge in [0.2, 0.25) is 0 Å². The highest BCUT2D eigenvalue weighted by Gasteiger charge is 2.06. The maximum absolute atomic E-state index is 10.4. The molecule has 2 aromatic rings. The van der Waals surface area contributed by atoms with Crippen molar-refractivity contribution in [1.29, 1.82) is 0 Å². The molecule has 6 heteroatoms. The van der Waals surface area contributed by atoms with Gasteiger partial charge in [0.1, 0.15) is 6.23 Å². The van der Waals surface area contributed by atoms with Crippen LogP contribution in [0.2, 0.25) is 0 Å². The first-order valence-corrected chi connectivity index (χ1v) is 7.05. The molecule has 1 aromatic heterocycles. The standard InChI is InChI=1S/C15H21N3O3/c16-15(20)21-9-3-6-14(19)17-8-7-11-10-18-13-5-2-1-4-12(11)13/h1-2,4-5,10,14,17-19H,3,6-9H2,(H2,16,20). The molecule has 6 nitrogen and oxygen atoms in total. The molecular formula is C15H21N3O3. The highest BCUT2D eigenvalue weighted by molar-refractivity contribution is 5.83. The maximum Gasteiger partial charge on any atom is 0.404 e. The van der Waals surface area contributed by atoms with E-state index in [1.165, 1.54) is 10.9 Å². The number of aromatic amines is 1. The number of fused-ring (bicyclic) bond motifs is 1. The molecule has 0 saturated heterocycles. The van der Waals surface area contributed by atoms with Crippen LogP contribution in [-0.4, -0.2) is 35.6 Å². The lowest BCUT2D eigenvalue weighted by Gasteiger charge is -2.12. The van der Waals surface area contributed by atoms with Crippen molar-refractivity contribution in [3.63, 3.8) is 0 Å². The molecule has 0 saturated carbocycles. The van der Waals surface area contributed by atoms with Crippen molar-refractivity contribution < 1.29 is 14.6 Å². The number of amides is 1. The normalized spacial score (nSPS) is 12.4. The molecule has 1 unspecified atom stereocenters. The van der Waals surface area contributed by atoms with Gasteiger partial charge in [-0.2, -0.15) is 0 Å². The Morgan fingerprint density at radius 3 is 3.05 bits per heavy atom. The monoisotopic (exact) mass is 291 g/mol. The van der Waals surface area contributed by atoms with E-state index in [0.717, 1.165) is 11.9 Å². The van der Waals surface area contributed by atoms with E-state index < -0.39 is 12.3 Å². The molecule has 1 aromatic carbocycles. The van der Waals surface area contributed by atoms with Crippen LogP contribution in [0.4, 0.5) is 4.79 Å². The number of nitrogens with one attached hydrogen (secondary N) is 2. The average molecular weight is 291 g/mol. The Labute approximate surface area is 123 Å². The second-order valence-corrected chi connectivity index (χ2v) is 4.89. The smallest absolute Gasteiger partial charge is 0.404 e. The molecule has 0 radical (unpaired) electrons. The quantitative estimate of drug-likeness (QED) is 0.437. The fraction of sp³-hybridized carbons (Fsp3) is 0.400. The van der Waals surface area contributed by atoms with E-state index in [1.54, 1.807) is 0 Å². The molecule has 114 valence electrons. The first-order chi connectivity index (χ1) is 10.2. The van der Waals surface area contributed by atoms with Crippen LogP contribution in [-0.2, 0) is 11.2 Å². The summed E-state index contributed by atoms with van der Waals surface area (Å²) < 4.78 is 4.60. The molecule has 1 heterocycles. The number of carbonyl (C=O) groups is 1. The molecule has 0 spiro atoms. The molecule has 0 aliphatic rings. The van der Waals surface area contributed by atoms with Crippen LogP contribution < -0.4 is 11.1 Å². The third kappa shape index (κ3) is 4.77. The number of H-pyrrole nitrogens is 1. The molecule has 5 N–H and O–H groups in total. The van der Waals surface area contributed by atoms with Crippen LogP contribution in [0.3, 0.4) is 0 Å². The van der Waals surface area contributed by atoms with E-state index in [0.29, 0.717) is 19.4 Å². The molecule has 0 fully saturated rings.